The molecule has 10 heteroatoms. The molecule has 0 bridgehead atoms. The van der Waals surface area contributed by atoms with Gasteiger partial charge in [0.05, 0.1) is 13.2 Å². The highest BCUT2D eigenvalue weighted by Gasteiger charge is 2.51. The van der Waals surface area contributed by atoms with Crippen LogP contribution in [0.3, 0.4) is 0 Å². The quantitative estimate of drug-likeness (QED) is 0.228. The molecule has 3 amide bonds. The van der Waals surface area contributed by atoms with Crippen LogP contribution in [0.15, 0.2) is 84.9 Å². The second-order valence-electron chi connectivity index (χ2n) is 18.2. The third-order valence-electron chi connectivity index (χ3n) is 14.7. The third kappa shape index (κ3) is 6.01. The van der Waals surface area contributed by atoms with Crippen molar-refractivity contribution in [2.45, 2.75) is 80.4 Å². The maximum Gasteiger partial charge on any atom is 0.255 e. The van der Waals surface area contributed by atoms with Gasteiger partial charge in [0.1, 0.15) is 23.1 Å². The molecule has 0 unspecified atom stereocenters. The van der Waals surface area contributed by atoms with Gasteiger partial charge in [0.15, 0.2) is 0 Å². The Morgan fingerprint density at radius 1 is 0.845 bits per heavy atom. The standard InChI is InChI=1S/C48H50N4O6/c53-36-11-13-38-33(20-36)8-12-37(31-4-2-1-3-5-31)44(38)32-6-9-35(10-7-32)51-27-48(28-51)23-30(26-58-48)24-50-18-16-47(17-19-50)29-57-42-22-39-34(21-40(42)47)25-52(46(39)56)41-14-15-43(54)49-45(41)55/h1-7,9-11,13,20-22,30,37,41,44,53H,8,12,14-19,23-29H2,(H,49,54,55)/t30-,37-,41+,44+/m1/s1. The zero-order chi connectivity index (χ0) is 39.2. The molecule has 0 aromatic heterocycles. The summed E-state index contributed by atoms with van der Waals surface area (Å²) in [4.78, 5) is 44.4. The Hall–Kier alpha value is -5.19. The summed E-state index contributed by atoms with van der Waals surface area (Å²) in [5.41, 5.74) is 9.16. The molecule has 0 radical (unpaired) electrons. The SMILES string of the molecule is O=C1CC[C@H](N2Cc3cc4c(cc3C2=O)OCC42CCN(C[C@@H]3COC4(C3)CN(c3ccc([C@@H]5c6ccc(O)cc6CC[C@@H]5c5ccccc5)cc3)C4)CC2)C(=O)N1. The van der Waals surface area contributed by atoms with E-state index in [-0.39, 0.29) is 41.1 Å². The smallest absolute Gasteiger partial charge is 0.255 e. The van der Waals surface area contributed by atoms with E-state index in [0.29, 0.717) is 42.7 Å². The van der Waals surface area contributed by atoms with Gasteiger partial charge in [0.25, 0.3) is 5.91 Å². The molecule has 10 nitrogen and oxygen atoms in total. The van der Waals surface area contributed by atoms with Crippen molar-refractivity contribution in [3.63, 3.8) is 0 Å². The molecule has 2 N–H and O–H groups in total. The lowest BCUT2D eigenvalue weighted by atomic mass is 9.69. The fraction of sp³-hybridized carbons (Fsp3) is 0.438. The van der Waals surface area contributed by atoms with Crippen LogP contribution in [0.25, 0.3) is 0 Å². The van der Waals surface area contributed by atoms with E-state index in [2.05, 4.69) is 81.8 Å². The van der Waals surface area contributed by atoms with E-state index in [1.165, 1.54) is 33.5 Å². The van der Waals surface area contributed by atoms with Gasteiger partial charge in [-0.2, -0.15) is 0 Å². The van der Waals surface area contributed by atoms with Crippen LogP contribution < -0.4 is 15.0 Å². The Balaban J connectivity index is 0.704. The maximum absolute atomic E-state index is 13.4. The fourth-order valence-electron chi connectivity index (χ4n) is 11.6. The number of hydrogen-bond donors (Lipinski definition) is 2. The van der Waals surface area contributed by atoms with Crippen molar-refractivity contribution in [2.75, 3.05) is 50.8 Å². The van der Waals surface area contributed by atoms with Crippen molar-refractivity contribution in [2.24, 2.45) is 5.92 Å². The number of fused-ring (bicyclic) bond motifs is 4. The van der Waals surface area contributed by atoms with Crippen LogP contribution in [0.2, 0.25) is 0 Å². The van der Waals surface area contributed by atoms with Crippen LogP contribution in [0.1, 0.15) is 94.1 Å². The number of piperidine rings is 2. The normalized spacial score (nSPS) is 26.9. The molecule has 4 saturated heterocycles. The summed E-state index contributed by atoms with van der Waals surface area (Å²) in [6.07, 6.45) is 5.74. The number of phenols is 1. The summed E-state index contributed by atoms with van der Waals surface area (Å²) in [5.74, 6) is 1.48. The Morgan fingerprint density at radius 2 is 1.66 bits per heavy atom. The minimum atomic E-state index is -0.615. The average molecular weight is 779 g/mol. The lowest BCUT2D eigenvalue weighted by Crippen LogP contribution is -2.61. The van der Waals surface area contributed by atoms with Crippen LogP contribution >= 0.6 is 0 Å². The highest BCUT2D eigenvalue weighted by atomic mass is 16.5. The largest absolute Gasteiger partial charge is 0.508 e. The summed E-state index contributed by atoms with van der Waals surface area (Å²) in [6.45, 7) is 6.73. The second-order valence-corrected chi connectivity index (χ2v) is 18.2. The van der Waals surface area contributed by atoms with Crippen molar-refractivity contribution in [1.29, 1.82) is 0 Å². The van der Waals surface area contributed by atoms with Gasteiger partial charge in [-0.05, 0) is 128 Å². The van der Waals surface area contributed by atoms with Gasteiger partial charge >= 0.3 is 0 Å². The zero-order valence-electron chi connectivity index (χ0n) is 32.8. The molecule has 298 valence electrons. The minimum Gasteiger partial charge on any atom is -0.508 e. The van der Waals surface area contributed by atoms with Crippen LogP contribution in [0, 0.1) is 5.92 Å². The highest BCUT2D eigenvalue weighted by Crippen LogP contribution is 2.50. The van der Waals surface area contributed by atoms with Gasteiger partial charge in [-0.15, -0.1) is 0 Å². The van der Waals surface area contributed by atoms with E-state index in [1.54, 1.807) is 4.90 Å². The lowest BCUT2D eigenvalue weighted by Gasteiger charge is -2.49. The molecular formula is C48H50N4O6. The van der Waals surface area contributed by atoms with Gasteiger partial charge in [-0.3, -0.25) is 19.7 Å². The third-order valence-corrected chi connectivity index (χ3v) is 14.7. The molecule has 7 aliphatic rings. The fourth-order valence-corrected chi connectivity index (χ4v) is 11.6. The summed E-state index contributed by atoms with van der Waals surface area (Å²) >= 11 is 0. The lowest BCUT2D eigenvalue weighted by molar-refractivity contribution is -0.136. The molecule has 4 fully saturated rings. The number of carbonyl (C=O) groups is 3. The molecular weight excluding hydrogens is 729 g/mol. The first-order chi connectivity index (χ1) is 28.2. The van der Waals surface area contributed by atoms with Crippen molar-refractivity contribution >= 4 is 23.4 Å². The summed E-state index contributed by atoms with van der Waals surface area (Å²) < 4.78 is 12.9. The van der Waals surface area contributed by atoms with Crippen molar-refractivity contribution in [1.82, 2.24) is 15.1 Å². The number of hydrogen-bond acceptors (Lipinski definition) is 8. The number of rotatable bonds is 6. The van der Waals surface area contributed by atoms with E-state index in [1.807, 2.05) is 18.2 Å². The number of nitrogens with one attached hydrogen (secondary N) is 1. The van der Waals surface area contributed by atoms with Gasteiger partial charge in [-0.1, -0.05) is 48.5 Å². The average Bonchev–Trinajstić information content (AvgIpc) is 3.91. The molecule has 4 aromatic rings. The number of amides is 3. The molecule has 4 aromatic carbocycles. The van der Waals surface area contributed by atoms with Gasteiger partial charge in [0, 0.05) is 60.7 Å². The summed E-state index contributed by atoms with van der Waals surface area (Å²) in [5, 5.41) is 12.6. The van der Waals surface area contributed by atoms with Crippen molar-refractivity contribution < 1.29 is 29.0 Å². The van der Waals surface area contributed by atoms with E-state index in [9.17, 15) is 19.5 Å². The van der Waals surface area contributed by atoms with Gasteiger partial charge in [-0.25, -0.2) is 0 Å². The topological polar surface area (TPSA) is 112 Å². The number of benzene rings is 4. The first-order valence-corrected chi connectivity index (χ1v) is 21.3. The van der Waals surface area contributed by atoms with Crippen LogP contribution in [0.5, 0.6) is 11.5 Å². The maximum atomic E-state index is 13.4. The number of nitrogens with zero attached hydrogens (tertiary/aromatic N) is 3. The number of anilines is 1. The zero-order valence-corrected chi connectivity index (χ0v) is 32.8. The van der Waals surface area contributed by atoms with E-state index < -0.39 is 6.04 Å². The molecule has 2 spiro atoms. The summed E-state index contributed by atoms with van der Waals surface area (Å²) in [7, 11) is 0. The van der Waals surface area contributed by atoms with E-state index in [0.717, 1.165) is 82.7 Å². The Morgan fingerprint density at radius 3 is 2.45 bits per heavy atom. The van der Waals surface area contributed by atoms with E-state index >= 15 is 0 Å². The van der Waals surface area contributed by atoms with Crippen LogP contribution in [-0.2, 0) is 32.7 Å². The molecule has 6 heterocycles. The van der Waals surface area contributed by atoms with E-state index in [4.69, 9.17) is 9.47 Å². The molecule has 1 aliphatic carbocycles. The second kappa shape index (κ2) is 13.7. The number of carbonyl (C=O) groups excluding carboxylic acids is 3. The molecule has 0 saturated carbocycles. The number of aromatic hydroxyl groups is 1. The highest BCUT2D eigenvalue weighted by molar-refractivity contribution is 6.05. The number of likely N-dealkylation sites (tertiary alicyclic amines) is 1. The van der Waals surface area contributed by atoms with Crippen molar-refractivity contribution in [3.05, 3.63) is 124 Å². The first-order valence-electron chi connectivity index (χ1n) is 21.3. The van der Waals surface area contributed by atoms with Gasteiger partial charge < -0.3 is 29.3 Å². The van der Waals surface area contributed by atoms with Crippen molar-refractivity contribution in [3.8, 4) is 11.5 Å². The summed E-state index contributed by atoms with van der Waals surface area (Å²) in [6, 6.07) is 29.5. The number of ether oxygens (including phenoxy) is 2. The van der Waals surface area contributed by atoms with Gasteiger partial charge in [0.2, 0.25) is 11.8 Å². The van der Waals surface area contributed by atoms with Crippen LogP contribution in [-0.4, -0.2) is 90.2 Å². The predicted octanol–water partition coefficient (Wildman–Crippen LogP) is 6.04. The Bertz CT molecular complexity index is 2300. The molecule has 58 heavy (non-hydrogen) atoms. The molecule has 4 atom stereocenters. The number of aryl methyl sites for hydroxylation is 1. The minimum absolute atomic E-state index is 0.0603. The monoisotopic (exact) mass is 778 g/mol. The molecule has 6 aliphatic heterocycles. The number of imide groups is 1. The number of phenolic OH excluding ortho intramolecular Hbond substituents is 1. The first kappa shape index (κ1) is 35.9. The van der Waals surface area contributed by atoms with Crippen LogP contribution in [0.4, 0.5) is 5.69 Å². The predicted molar refractivity (Wildman–Crippen MR) is 218 cm³/mol. The molecule has 11 rings (SSSR count). The Kier molecular flexibility index (Phi) is 8.49. The Labute approximate surface area is 339 Å².